The topological polar surface area (TPSA) is 61.4 Å². The number of amides is 2. The van der Waals surface area contributed by atoms with Crippen LogP contribution in [-0.4, -0.2) is 25.9 Å². The monoisotopic (exact) mass is 387 g/mol. The summed E-state index contributed by atoms with van der Waals surface area (Å²) in [6.07, 6.45) is 0. The van der Waals surface area contributed by atoms with Crippen molar-refractivity contribution in [2.75, 3.05) is 24.3 Å². The SMILES string of the molecule is Cc1ccc(C(=O)Nc2ccc(N(C)C)c(C(=O)NCc3ccccc3)c2)cc1. The van der Waals surface area contributed by atoms with Gasteiger partial charge in [-0.25, -0.2) is 0 Å². The number of nitrogens with zero attached hydrogens (tertiary/aromatic N) is 1. The molecule has 5 nitrogen and oxygen atoms in total. The van der Waals surface area contributed by atoms with Crippen LogP contribution >= 0.6 is 0 Å². The fraction of sp³-hybridized carbons (Fsp3) is 0.167. The number of aryl methyl sites for hydroxylation is 1. The number of benzene rings is 3. The van der Waals surface area contributed by atoms with Gasteiger partial charge in [-0.3, -0.25) is 9.59 Å². The minimum Gasteiger partial charge on any atom is -0.377 e. The van der Waals surface area contributed by atoms with Gasteiger partial charge in [0.25, 0.3) is 11.8 Å². The van der Waals surface area contributed by atoms with Crippen molar-refractivity contribution >= 4 is 23.2 Å². The summed E-state index contributed by atoms with van der Waals surface area (Å²) >= 11 is 0. The molecule has 0 unspecified atom stereocenters. The van der Waals surface area contributed by atoms with E-state index in [-0.39, 0.29) is 11.8 Å². The number of nitrogens with one attached hydrogen (secondary N) is 2. The van der Waals surface area contributed by atoms with Crippen LogP contribution in [0, 0.1) is 6.92 Å². The second-order valence-corrected chi connectivity index (χ2v) is 7.11. The van der Waals surface area contributed by atoms with E-state index in [1.54, 1.807) is 24.3 Å². The molecule has 0 fully saturated rings. The second kappa shape index (κ2) is 9.06. The van der Waals surface area contributed by atoms with Crippen molar-refractivity contribution in [3.8, 4) is 0 Å². The molecule has 3 aromatic carbocycles. The summed E-state index contributed by atoms with van der Waals surface area (Å²) in [5.74, 6) is -0.401. The highest BCUT2D eigenvalue weighted by Gasteiger charge is 2.15. The Morgan fingerprint density at radius 2 is 1.55 bits per heavy atom. The highest BCUT2D eigenvalue weighted by Crippen LogP contribution is 2.23. The Morgan fingerprint density at radius 1 is 0.862 bits per heavy atom. The third-order valence-electron chi connectivity index (χ3n) is 4.59. The highest BCUT2D eigenvalue weighted by atomic mass is 16.2. The lowest BCUT2D eigenvalue weighted by Crippen LogP contribution is -2.25. The molecule has 5 heteroatoms. The molecule has 0 aromatic heterocycles. The first kappa shape index (κ1) is 20.1. The Balaban J connectivity index is 1.78. The predicted molar refractivity (Wildman–Crippen MR) is 118 cm³/mol. The van der Waals surface area contributed by atoms with Gasteiger partial charge >= 0.3 is 0 Å². The molecular weight excluding hydrogens is 362 g/mol. The van der Waals surface area contributed by atoms with Crippen LogP contribution in [0.1, 0.15) is 31.8 Å². The summed E-state index contributed by atoms with van der Waals surface area (Å²) in [5, 5.41) is 5.83. The molecule has 0 spiro atoms. The minimum absolute atomic E-state index is 0.191. The fourth-order valence-corrected chi connectivity index (χ4v) is 2.97. The molecule has 0 atom stereocenters. The lowest BCUT2D eigenvalue weighted by Gasteiger charge is -2.18. The van der Waals surface area contributed by atoms with Gasteiger partial charge < -0.3 is 15.5 Å². The maximum absolute atomic E-state index is 12.8. The van der Waals surface area contributed by atoms with E-state index in [9.17, 15) is 9.59 Å². The summed E-state index contributed by atoms with van der Waals surface area (Å²) in [7, 11) is 3.77. The molecule has 0 aliphatic heterocycles. The van der Waals surface area contributed by atoms with Crippen molar-refractivity contribution < 1.29 is 9.59 Å². The molecule has 2 N–H and O–H groups in total. The Labute approximate surface area is 171 Å². The van der Waals surface area contributed by atoms with Gasteiger partial charge in [-0.05, 0) is 42.8 Å². The van der Waals surface area contributed by atoms with Crippen LogP contribution in [0.25, 0.3) is 0 Å². The summed E-state index contributed by atoms with van der Waals surface area (Å²) in [5.41, 5.74) is 4.55. The highest BCUT2D eigenvalue weighted by molar-refractivity contribution is 6.06. The quantitative estimate of drug-likeness (QED) is 0.665. The normalized spacial score (nSPS) is 10.3. The van der Waals surface area contributed by atoms with Crippen molar-refractivity contribution in [2.45, 2.75) is 13.5 Å². The molecule has 0 saturated heterocycles. The summed E-state index contributed by atoms with van der Waals surface area (Å²) in [6.45, 7) is 2.41. The molecule has 0 aliphatic carbocycles. The maximum atomic E-state index is 12.8. The van der Waals surface area contributed by atoms with Crippen molar-refractivity contribution in [1.82, 2.24) is 5.32 Å². The molecule has 148 valence electrons. The van der Waals surface area contributed by atoms with E-state index < -0.39 is 0 Å². The van der Waals surface area contributed by atoms with Crippen LogP contribution in [0.4, 0.5) is 11.4 Å². The molecule has 0 aliphatic rings. The number of anilines is 2. The third-order valence-corrected chi connectivity index (χ3v) is 4.59. The first-order valence-electron chi connectivity index (χ1n) is 9.45. The number of carbonyl (C=O) groups excluding carboxylic acids is 2. The molecule has 0 saturated carbocycles. The van der Waals surface area contributed by atoms with E-state index in [2.05, 4.69) is 10.6 Å². The summed E-state index contributed by atoms with van der Waals surface area (Å²) in [6, 6.07) is 22.4. The van der Waals surface area contributed by atoms with Crippen LogP contribution in [0.5, 0.6) is 0 Å². The fourth-order valence-electron chi connectivity index (χ4n) is 2.97. The Hall–Kier alpha value is -3.60. The first-order chi connectivity index (χ1) is 13.9. The molecule has 3 aromatic rings. The zero-order valence-corrected chi connectivity index (χ0v) is 16.9. The Morgan fingerprint density at radius 3 is 2.21 bits per heavy atom. The molecule has 29 heavy (non-hydrogen) atoms. The summed E-state index contributed by atoms with van der Waals surface area (Å²) in [4.78, 5) is 27.2. The van der Waals surface area contributed by atoms with Gasteiger partial charge in [0.05, 0.1) is 5.56 Å². The van der Waals surface area contributed by atoms with Crippen LogP contribution < -0.4 is 15.5 Å². The van der Waals surface area contributed by atoms with Crippen molar-refractivity contribution in [1.29, 1.82) is 0 Å². The van der Waals surface area contributed by atoms with E-state index in [1.807, 2.05) is 74.4 Å². The number of rotatable bonds is 6. The summed E-state index contributed by atoms with van der Waals surface area (Å²) < 4.78 is 0. The van der Waals surface area contributed by atoms with Gasteiger partial charge in [-0.1, -0.05) is 48.0 Å². The van der Waals surface area contributed by atoms with Gasteiger partial charge in [0.2, 0.25) is 0 Å². The van der Waals surface area contributed by atoms with E-state index in [0.717, 1.165) is 16.8 Å². The van der Waals surface area contributed by atoms with Crippen molar-refractivity contribution in [2.24, 2.45) is 0 Å². The third kappa shape index (κ3) is 5.23. The lowest BCUT2D eigenvalue weighted by atomic mass is 10.1. The molecule has 2 amide bonds. The average Bonchev–Trinajstić information content (AvgIpc) is 2.73. The first-order valence-corrected chi connectivity index (χ1v) is 9.45. The zero-order valence-electron chi connectivity index (χ0n) is 16.9. The molecule has 0 bridgehead atoms. The average molecular weight is 387 g/mol. The van der Waals surface area contributed by atoms with Crippen LogP contribution in [0.15, 0.2) is 72.8 Å². The molecule has 3 rings (SSSR count). The van der Waals surface area contributed by atoms with Gasteiger partial charge in [0.1, 0.15) is 0 Å². The van der Waals surface area contributed by atoms with E-state index in [1.165, 1.54) is 0 Å². The second-order valence-electron chi connectivity index (χ2n) is 7.11. The smallest absolute Gasteiger partial charge is 0.255 e. The van der Waals surface area contributed by atoms with E-state index >= 15 is 0 Å². The van der Waals surface area contributed by atoms with Gasteiger partial charge in [-0.15, -0.1) is 0 Å². The van der Waals surface area contributed by atoms with Crippen LogP contribution in [-0.2, 0) is 6.54 Å². The molecule has 0 radical (unpaired) electrons. The number of hydrogen-bond acceptors (Lipinski definition) is 3. The maximum Gasteiger partial charge on any atom is 0.255 e. The largest absolute Gasteiger partial charge is 0.377 e. The molecule has 0 heterocycles. The van der Waals surface area contributed by atoms with Gasteiger partial charge in [0.15, 0.2) is 0 Å². The van der Waals surface area contributed by atoms with Crippen molar-refractivity contribution in [3.05, 3.63) is 95.1 Å². The minimum atomic E-state index is -0.210. The number of hydrogen-bond donors (Lipinski definition) is 2. The van der Waals surface area contributed by atoms with Crippen molar-refractivity contribution in [3.63, 3.8) is 0 Å². The standard InChI is InChI=1S/C24H25N3O2/c1-17-9-11-19(12-10-17)23(28)26-20-13-14-22(27(2)3)21(15-20)24(29)25-16-18-7-5-4-6-8-18/h4-15H,16H2,1-3H3,(H,25,29)(H,26,28). The van der Waals surface area contributed by atoms with Gasteiger partial charge in [-0.2, -0.15) is 0 Å². The van der Waals surface area contributed by atoms with E-state index in [0.29, 0.717) is 23.4 Å². The number of carbonyl (C=O) groups is 2. The molecular formula is C24H25N3O2. The van der Waals surface area contributed by atoms with E-state index in [4.69, 9.17) is 0 Å². The van der Waals surface area contributed by atoms with Crippen LogP contribution in [0.3, 0.4) is 0 Å². The van der Waals surface area contributed by atoms with Crippen LogP contribution in [0.2, 0.25) is 0 Å². The zero-order chi connectivity index (χ0) is 20.8. The van der Waals surface area contributed by atoms with Gasteiger partial charge in [0, 0.05) is 37.6 Å². The Bertz CT molecular complexity index is 996. The lowest BCUT2D eigenvalue weighted by molar-refractivity contribution is 0.0950. The Kier molecular flexibility index (Phi) is 6.29. The predicted octanol–water partition coefficient (Wildman–Crippen LogP) is 4.24.